The highest BCUT2D eigenvalue weighted by Crippen LogP contribution is 2.30. The first-order valence-corrected chi connectivity index (χ1v) is 9.56. The van der Waals surface area contributed by atoms with Crippen LogP contribution >= 0.6 is 0 Å². The maximum Gasteiger partial charge on any atom is 0.318 e. The summed E-state index contributed by atoms with van der Waals surface area (Å²) in [5.74, 6) is -0.711. The Morgan fingerprint density at radius 1 is 1.12 bits per heavy atom. The molecule has 1 heterocycles. The molecule has 3 fully saturated rings. The Bertz CT molecular complexity index is 518. The van der Waals surface area contributed by atoms with Crippen LogP contribution < -0.4 is 10.6 Å². The van der Waals surface area contributed by atoms with Crippen molar-refractivity contribution in [3.05, 3.63) is 0 Å². The number of carbonyl (C=O) groups excluding carboxylic acids is 3. The van der Waals surface area contributed by atoms with Crippen molar-refractivity contribution in [2.45, 2.75) is 88.4 Å². The normalized spacial score (nSPS) is 30.2. The van der Waals surface area contributed by atoms with E-state index in [4.69, 9.17) is 4.74 Å². The zero-order valence-corrected chi connectivity index (χ0v) is 15.0. The summed E-state index contributed by atoms with van der Waals surface area (Å²) in [4.78, 5) is 39.0. The van der Waals surface area contributed by atoms with Gasteiger partial charge in [0, 0.05) is 12.1 Å². The Morgan fingerprint density at radius 3 is 2.52 bits per heavy atom. The fourth-order valence-corrected chi connectivity index (χ4v) is 4.47. The van der Waals surface area contributed by atoms with Gasteiger partial charge >= 0.3 is 12.0 Å². The van der Waals surface area contributed by atoms with E-state index in [1.165, 1.54) is 13.5 Å². The highest BCUT2D eigenvalue weighted by Gasteiger charge is 2.46. The van der Waals surface area contributed by atoms with Gasteiger partial charge in [-0.1, -0.05) is 32.1 Å². The van der Waals surface area contributed by atoms with E-state index in [-0.39, 0.29) is 36.5 Å². The number of carbonyl (C=O) groups is 3. The second-order valence-corrected chi connectivity index (χ2v) is 7.45. The summed E-state index contributed by atoms with van der Waals surface area (Å²) >= 11 is 0. The third-order valence-electron chi connectivity index (χ3n) is 5.81. The number of rotatable bonds is 3. The summed E-state index contributed by atoms with van der Waals surface area (Å²) < 4.78 is 4.74. The monoisotopic (exact) mass is 351 g/mol. The van der Waals surface area contributed by atoms with Crippen LogP contribution in [0.15, 0.2) is 0 Å². The zero-order valence-electron chi connectivity index (χ0n) is 15.0. The molecule has 1 saturated heterocycles. The van der Waals surface area contributed by atoms with Crippen molar-refractivity contribution >= 4 is 17.9 Å². The molecule has 3 aliphatic rings. The maximum atomic E-state index is 13.0. The lowest BCUT2D eigenvalue weighted by Crippen LogP contribution is -2.69. The van der Waals surface area contributed by atoms with Crippen LogP contribution in [-0.4, -0.2) is 54.1 Å². The molecule has 25 heavy (non-hydrogen) atoms. The van der Waals surface area contributed by atoms with Crippen LogP contribution in [0.4, 0.5) is 4.79 Å². The van der Waals surface area contributed by atoms with E-state index >= 15 is 0 Å². The molecule has 0 radical (unpaired) electrons. The van der Waals surface area contributed by atoms with Crippen LogP contribution in [0.25, 0.3) is 0 Å². The van der Waals surface area contributed by atoms with Crippen molar-refractivity contribution in [2.75, 3.05) is 7.11 Å². The molecule has 1 aliphatic heterocycles. The third-order valence-corrected chi connectivity index (χ3v) is 5.81. The molecule has 2 N–H and O–H groups in total. The van der Waals surface area contributed by atoms with Crippen molar-refractivity contribution in [1.82, 2.24) is 15.5 Å². The van der Waals surface area contributed by atoms with Gasteiger partial charge in [-0.15, -0.1) is 0 Å². The van der Waals surface area contributed by atoms with Crippen molar-refractivity contribution in [2.24, 2.45) is 0 Å². The van der Waals surface area contributed by atoms with Crippen LogP contribution in [0.2, 0.25) is 0 Å². The molecule has 140 valence electrons. The number of esters is 1. The van der Waals surface area contributed by atoms with E-state index in [9.17, 15) is 14.4 Å². The largest absolute Gasteiger partial charge is 0.469 e. The van der Waals surface area contributed by atoms with Crippen molar-refractivity contribution < 1.29 is 19.1 Å². The van der Waals surface area contributed by atoms with Crippen molar-refractivity contribution in [3.63, 3.8) is 0 Å². The molecule has 0 aromatic carbocycles. The van der Waals surface area contributed by atoms with Gasteiger partial charge in [0.05, 0.1) is 19.6 Å². The molecule has 7 nitrogen and oxygen atoms in total. The minimum absolute atomic E-state index is 0.00717. The number of nitrogens with one attached hydrogen (secondary N) is 2. The SMILES string of the molecule is COC(=O)C[C@H]1C(=O)N[C@@H]2CCCC[C@@H]2N1C(=O)NC1CCCCC1. The van der Waals surface area contributed by atoms with Crippen molar-refractivity contribution in [3.8, 4) is 0 Å². The molecule has 2 aliphatic carbocycles. The minimum atomic E-state index is -0.782. The summed E-state index contributed by atoms with van der Waals surface area (Å²) in [5, 5.41) is 6.14. The van der Waals surface area contributed by atoms with Gasteiger partial charge in [0.15, 0.2) is 0 Å². The Labute approximate surface area is 148 Å². The van der Waals surface area contributed by atoms with Gasteiger partial charge in [-0.3, -0.25) is 9.59 Å². The molecule has 3 amide bonds. The van der Waals surface area contributed by atoms with E-state index in [0.717, 1.165) is 51.4 Å². The Morgan fingerprint density at radius 2 is 1.80 bits per heavy atom. The summed E-state index contributed by atoms with van der Waals surface area (Å²) in [7, 11) is 1.30. The first-order valence-electron chi connectivity index (χ1n) is 9.56. The molecule has 3 atom stereocenters. The molecule has 0 unspecified atom stereocenters. The molecular weight excluding hydrogens is 322 g/mol. The topological polar surface area (TPSA) is 87.7 Å². The van der Waals surface area contributed by atoms with Gasteiger partial charge in [0.1, 0.15) is 6.04 Å². The number of piperazine rings is 1. The number of urea groups is 1. The summed E-state index contributed by atoms with van der Waals surface area (Å²) in [5.41, 5.74) is 0. The van der Waals surface area contributed by atoms with Gasteiger partial charge < -0.3 is 20.3 Å². The average Bonchev–Trinajstić information content (AvgIpc) is 2.62. The second-order valence-electron chi connectivity index (χ2n) is 7.45. The van der Waals surface area contributed by atoms with Crippen LogP contribution in [0.1, 0.15) is 64.2 Å². The number of nitrogens with zero attached hydrogens (tertiary/aromatic N) is 1. The maximum absolute atomic E-state index is 13.0. The average molecular weight is 351 g/mol. The van der Waals surface area contributed by atoms with Crippen LogP contribution in [0.5, 0.6) is 0 Å². The van der Waals surface area contributed by atoms with Crippen LogP contribution in [0.3, 0.4) is 0 Å². The minimum Gasteiger partial charge on any atom is -0.469 e. The number of fused-ring (bicyclic) bond motifs is 1. The Kier molecular flexibility index (Phi) is 5.81. The van der Waals surface area contributed by atoms with Gasteiger partial charge in [-0.25, -0.2) is 4.79 Å². The summed E-state index contributed by atoms with van der Waals surface area (Å²) in [6.45, 7) is 0. The number of methoxy groups -OCH3 is 1. The molecular formula is C18H29N3O4. The first-order chi connectivity index (χ1) is 12.1. The van der Waals surface area contributed by atoms with Gasteiger partial charge in [-0.2, -0.15) is 0 Å². The Hall–Kier alpha value is -1.79. The standard InChI is InChI=1S/C18H29N3O4/c1-25-16(22)11-15-17(23)20-13-9-5-6-10-14(13)21(15)18(24)19-12-7-3-2-4-8-12/h12-15H,2-11H2,1H3,(H,19,24)(H,20,23)/t13-,14+,15+/m1/s1. The molecule has 2 saturated carbocycles. The van der Waals surface area contributed by atoms with Crippen molar-refractivity contribution in [1.29, 1.82) is 0 Å². The van der Waals surface area contributed by atoms with E-state index in [2.05, 4.69) is 10.6 Å². The van der Waals surface area contributed by atoms with E-state index in [0.29, 0.717) is 0 Å². The van der Waals surface area contributed by atoms with Gasteiger partial charge in [0.25, 0.3) is 0 Å². The summed E-state index contributed by atoms with van der Waals surface area (Å²) in [6.07, 6.45) is 9.19. The zero-order chi connectivity index (χ0) is 17.8. The fourth-order valence-electron chi connectivity index (χ4n) is 4.47. The fraction of sp³-hybridized carbons (Fsp3) is 0.833. The van der Waals surface area contributed by atoms with E-state index < -0.39 is 12.0 Å². The summed E-state index contributed by atoms with van der Waals surface area (Å²) in [6, 6.07) is -0.855. The number of amides is 3. The van der Waals surface area contributed by atoms with Gasteiger partial charge in [0.2, 0.25) is 5.91 Å². The van der Waals surface area contributed by atoms with E-state index in [1.54, 1.807) is 4.90 Å². The van der Waals surface area contributed by atoms with Crippen LogP contribution in [-0.2, 0) is 14.3 Å². The first kappa shape index (κ1) is 18.0. The molecule has 0 bridgehead atoms. The number of ether oxygens (including phenoxy) is 1. The highest BCUT2D eigenvalue weighted by molar-refractivity contribution is 5.92. The predicted molar refractivity (Wildman–Crippen MR) is 91.9 cm³/mol. The molecule has 0 spiro atoms. The molecule has 0 aromatic rings. The second kappa shape index (κ2) is 8.06. The third kappa shape index (κ3) is 4.07. The lowest BCUT2D eigenvalue weighted by molar-refractivity contribution is -0.147. The lowest BCUT2D eigenvalue weighted by Gasteiger charge is -2.48. The Balaban J connectivity index is 1.77. The van der Waals surface area contributed by atoms with Crippen LogP contribution in [0, 0.1) is 0 Å². The smallest absolute Gasteiger partial charge is 0.318 e. The predicted octanol–water partition coefficient (Wildman–Crippen LogP) is 1.70. The van der Waals surface area contributed by atoms with E-state index in [1.807, 2.05) is 0 Å². The number of hydrogen-bond acceptors (Lipinski definition) is 4. The van der Waals surface area contributed by atoms with Gasteiger partial charge in [-0.05, 0) is 25.7 Å². The molecule has 0 aromatic heterocycles. The molecule has 3 rings (SSSR count). The number of hydrogen-bond donors (Lipinski definition) is 2. The lowest BCUT2D eigenvalue weighted by atomic mass is 9.85. The quantitative estimate of drug-likeness (QED) is 0.758. The highest BCUT2D eigenvalue weighted by atomic mass is 16.5. The molecule has 7 heteroatoms.